The number of amides is 1. The molecule has 1 aromatic rings. The molecule has 0 aliphatic rings. The second-order valence-electron chi connectivity index (χ2n) is 4.20. The van der Waals surface area contributed by atoms with Gasteiger partial charge in [-0.25, -0.2) is 4.39 Å². The summed E-state index contributed by atoms with van der Waals surface area (Å²) < 4.78 is 13.7. The van der Waals surface area contributed by atoms with Crippen LogP contribution in [0.15, 0.2) is 18.2 Å². The zero-order valence-electron chi connectivity index (χ0n) is 10.7. The molecule has 0 N–H and O–H groups in total. The Kier molecular flexibility index (Phi) is 5.00. The molecule has 1 rings (SSSR count). The summed E-state index contributed by atoms with van der Waals surface area (Å²) >= 11 is 1.67. The number of aryl methyl sites for hydroxylation is 1. The lowest BCUT2D eigenvalue weighted by Crippen LogP contribution is -2.37. The van der Waals surface area contributed by atoms with Gasteiger partial charge in [0.1, 0.15) is 5.82 Å². The molecule has 0 saturated heterocycles. The molecule has 0 heterocycles. The van der Waals surface area contributed by atoms with Crippen LogP contribution in [0.3, 0.4) is 0 Å². The molecule has 1 atom stereocenters. The number of thioether (sulfide) groups is 1. The van der Waals surface area contributed by atoms with Crippen LogP contribution in [-0.4, -0.2) is 35.9 Å². The molecular formula is C13H18FNOS. The van der Waals surface area contributed by atoms with E-state index in [1.54, 1.807) is 42.8 Å². The van der Waals surface area contributed by atoms with E-state index >= 15 is 0 Å². The third-order valence-electron chi connectivity index (χ3n) is 2.74. The smallest absolute Gasteiger partial charge is 0.256 e. The van der Waals surface area contributed by atoms with E-state index in [0.717, 1.165) is 11.3 Å². The van der Waals surface area contributed by atoms with Gasteiger partial charge in [0.15, 0.2) is 0 Å². The van der Waals surface area contributed by atoms with E-state index < -0.39 is 5.82 Å². The molecule has 0 aromatic heterocycles. The Balaban J connectivity index is 2.88. The number of benzene rings is 1. The van der Waals surface area contributed by atoms with Crippen LogP contribution < -0.4 is 0 Å². The highest BCUT2D eigenvalue weighted by molar-refractivity contribution is 7.98. The number of hydrogen-bond acceptors (Lipinski definition) is 2. The summed E-state index contributed by atoms with van der Waals surface area (Å²) in [5, 5.41) is 0. The van der Waals surface area contributed by atoms with Gasteiger partial charge in [0.25, 0.3) is 5.91 Å². The van der Waals surface area contributed by atoms with Gasteiger partial charge >= 0.3 is 0 Å². The number of halogens is 1. The van der Waals surface area contributed by atoms with Crippen LogP contribution in [-0.2, 0) is 0 Å². The van der Waals surface area contributed by atoms with Crippen molar-refractivity contribution >= 4 is 17.7 Å². The summed E-state index contributed by atoms with van der Waals surface area (Å²) in [5.74, 6) is 0.137. The lowest BCUT2D eigenvalue weighted by atomic mass is 10.1. The summed E-state index contributed by atoms with van der Waals surface area (Å²) in [6.07, 6.45) is 1.99. The topological polar surface area (TPSA) is 20.3 Å². The maximum absolute atomic E-state index is 13.7. The molecule has 0 spiro atoms. The highest BCUT2D eigenvalue weighted by atomic mass is 32.2. The average Bonchev–Trinajstić information content (AvgIpc) is 2.27. The first-order chi connectivity index (χ1) is 7.97. The van der Waals surface area contributed by atoms with E-state index in [0.29, 0.717) is 0 Å². The fourth-order valence-corrected chi connectivity index (χ4v) is 2.24. The van der Waals surface area contributed by atoms with Gasteiger partial charge in [-0.15, -0.1) is 0 Å². The predicted molar refractivity (Wildman–Crippen MR) is 71.1 cm³/mol. The summed E-state index contributed by atoms with van der Waals surface area (Å²) in [6.45, 7) is 3.76. The van der Waals surface area contributed by atoms with Crippen LogP contribution in [0.1, 0.15) is 22.8 Å². The Labute approximate surface area is 106 Å². The molecule has 1 aromatic carbocycles. The molecule has 0 radical (unpaired) electrons. The lowest BCUT2D eigenvalue weighted by Gasteiger charge is -2.24. The van der Waals surface area contributed by atoms with E-state index in [4.69, 9.17) is 0 Å². The third-order valence-corrected chi connectivity index (χ3v) is 3.56. The highest BCUT2D eigenvalue weighted by Crippen LogP contribution is 2.14. The van der Waals surface area contributed by atoms with Crippen LogP contribution in [0.25, 0.3) is 0 Å². The van der Waals surface area contributed by atoms with Crippen LogP contribution >= 0.6 is 11.8 Å². The van der Waals surface area contributed by atoms with Gasteiger partial charge < -0.3 is 4.90 Å². The van der Waals surface area contributed by atoms with Gasteiger partial charge in [-0.1, -0.05) is 6.07 Å². The largest absolute Gasteiger partial charge is 0.338 e. The van der Waals surface area contributed by atoms with E-state index in [2.05, 4.69) is 0 Å². The first-order valence-corrected chi connectivity index (χ1v) is 6.89. The summed E-state index contributed by atoms with van der Waals surface area (Å²) in [5.41, 5.74) is 0.963. The highest BCUT2D eigenvalue weighted by Gasteiger charge is 2.19. The van der Waals surface area contributed by atoms with Gasteiger partial charge in [0, 0.05) is 18.8 Å². The van der Waals surface area contributed by atoms with Crippen molar-refractivity contribution in [1.29, 1.82) is 0 Å². The first kappa shape index (κ1) is 14.0. The maximum atomic E-state index is 13.7. The Morgan fingerprint density at radius 2 is 2.18 bits per heavy atom. The van der Waals surface area contributed by atoms with Crippen molar-refractivity contribution in [3.8, 4) is 0 Å². The van der Waals surface area contributed by atoms with E-state index in [-0.39, 0.29) is 17.5 Å². The van der Waals surface area contributed by atoms with E-state index in [1.807, 2.05) is 13.2 Å². The molecule has 0 aliphatic carbocycles. The molecule has 0 saturated carbocycles. The van der Waals surface area contributed by atoms with Crippen molar-refractivity contribution in [3.05, 3.63) is 35.1 Å². The quantitative estimate of drug-likeness (QED) is 0.824. The van der Waals surface area contributed by atoms with Crippen molar-refractivity contribution in [3.63, 3.8) is 0 Å². The zero-order valence-corrected chi connectivity index (χ0v) is 11.5. The lowest BCUT2D eigenvalue weighted by molar-refractivity contribution is 0.0753. The molecular weight excluding hydrogens is 237 g/mol. The Morgan fingerprint density at radius 1 is 1.53 bits per heavy atom. The standard InChI is InChI=1S/C13H18FNOS/c1-9-5-6-11(12(14)7-9)13(16)15(3)10(2)8-17-4/h5-7,10H,8H2,1-4H3. The first-order valence-electron chi connectivity index (χ1n) is 5.49. The van der Waals surface area contributed by atoms with Gasteiger partial charge in [-0.05, 0) is 37.8 Å². The molecule has 0 fully saturated rings. The van der Waals surface area contributed by atoms with Crippen molar-refractivity contribution in [1.82, 2.24) is 4.90 Å². The van der Waals surface area contributed by atoms with Gasteiger partial charge in [-0.3, -0.25) is 4.79 Å². The number of rotatable bonds is 4. The summed E-state index contributed by atoms with van der Waals surface area (Å²) in [7, 11) is 1.71. The van der Waals surface area contributed by atoms with Gasteiger partial charge in [0.2, 0.25) is 0 Å². The zero-order chi connectivity index (χ0) is 13.0. The second kappa shape index (κ2) is 6.05. The molecule has 1 amide bonds. The van der Waals surface area contributed by atoms with Crippen LogP contribution in [0.5, 0.6) is 0 Å². The van der Waals surface area contributed by atoms with E-state index in [9.17, 15) is 9.18 Å². The monoisotopic (exact) mass is 255 g/mol. The minimum atomic E-state index is -0.446. The minimum absolute atomic E-state index is 0.0956. The number of carbonyl (C=O) groups excluding carboxylic acids is 1. The molecule has 4 heteroatoms. The molecule has 17 heavy (non-hydrogen) atoms. The maximum Gasteiger partial charge on any atom is 0.256 e. The molecule has 94 valence electrons. The molecule has 1 unspecified atom stereocenters. The Bertz CT molecular complexity index is 408. The fourth-order valence-electron chi connectivity index (χ4n) is 1.54. The van der Waals surface area contributed by atoms with Crippen LogP contribution in [0.2, 0.25) is 0 Å². The summed E-state index contributed by atoms with van der Waals surface area (Å²) in [4.78, 5) is 13.7. The third kappa shape index (κ3) is 3.46. The van der Waals surface area contributed by atoms with Gasteiger partial charge in [-0.2, -0.15) is 11.8 Å². The Hall–Kier alpha value is -1.03. The van der Waals surface area contributed by atoms with E-state index in [1.165, 1.54) is 6.07 Å². The minimum Gasteiger partial charge on any atom is -0.338 e. The van der Waals surface area contributed by atoms with Crippen molar-refractivity contribution in [2.45, 2.75) is 19.9 Å². The SMILES string of the molecule is CSCC(C)N(C)C(=O)c1ccc(C)cc1F. The number of nitrogens with zero attached hydrogens (tertiary/aromatic N) is 1. The number of carbonyl (C=O) groups is 1. The van der Waals surface area contributed by atoms with Crippen molar-refractivity contribution in [2.75, 3.05) is 19.1 Å². The van der Waals surface area contributed by atoms with Crippen LogP contribution in [0.4, 0.5) is 4.39 Å². The molecule has 0 aliphatic heterocycles. The normalized spacial score (nSPS) is 12.3. The van der Waals surface area contributed by atoms with Crippen molar-refractivity contribution in [2.24, 2.45) is 0 Å². The van der Waals surface area contributed by atoms with Crippen LogP contribution in [0, 0.1) is 12.7 Å². The fraction of sp³-hybridized carbons (Fsp3) is 0.462. The number of hydrogen-bond donors (Lipinski definition) is 0. The second-order valence-corrected chi connectivity index (χ2v) is 5.11. The molecule has 2 nitrogen and oxygen atoms in total. The predicted octanol–water partition coefficient (Wildman–Crippen LogP) is 2.96. The summed E-state index contributed by atoms with van der Waals surface area (Å²) in [6, 6.07) is 4.79. The van der Waals surface area contributed by atoms with Gasteiger partial charge in [0.05, 0.1) is 5.56 Å². The molecule has 0 bridgehead atoms. The average molecular weight is 255 g/mol. The van der Waals surface area contributed by atoms with Crippen molar-refractivity contribution < 1.29 is 9.18 Å². The Morgan fingerprint density at radius 3 is 2.71 bits per heavy atom.